The van der Waals surface area contributed by atoms with Crippen molar-refractivity contribution in [2.24, 2.45) is 0 Å². The summed E-state index contributed by atoms with van der Waals surface area (Å²) in [6.45, 7) is 5.52. The zero-order valence-electron chi connectivity index (χ0n) is 17.6. The van der Waals surface area contributed by atoms with Gasteiger partial charge in [0.05, 0.1) is 22.4 Å². The van der Waals surface area contributed by atoms with Crippen molar-refractivity contribution in [3.05, 3.63) is 80.5 Å². The summed E-state index contributed by atoms with van der Waals surface area (Å²) >= 11 is 0. The molecule has 9 nitrogen and oxygen atoms in total. The third-order valence-electron chi connectivity index (χ3n) is 5.87. The lowest BCUT2D eigenvalue weighted by Crippen LogP contribution is -2.46. The van der Waals surface area contributed by atoms with Crippen LogP contribution in [0.25, 0.3) is 21.8 Å². The second-order valence-corrected chi connectivity index (χ2v) is 8.01. The minimum absolute atomic E-state index is 0.0254. The molecule has 1 fully saturated rings. The van der Waals surface area contributed by atoms with E-state index >= 15 is 0 Å². The van der Waals surface area contributed by atoms with E-state index in [1.165, 1.54) is 6.07 Å². The van der Waals surface area contributed by atoms with Crippen LogP contribution in [0.5, 0.6) is 0 Å². The summed E-state index contributed by atoms with van der Waals surface area (Å²) in [7, 11) is 0. The van der Waals surface area contributed by atoms with Crippen molar-refractivity contribution >= 4 is 33.2 Å². The molecule has 2 aromatic heterocycles. The number of non-ortho nitro benzene ring substituents is 1. The van der Waals surface area contributed by atoms with Crippen LogP contribution in [-0.2, 0) is 6.54 Å². The molecule has 0 aliphatic carbocycles. The number of H-pyrrole nitrogens is 1. The van der Waals surface area contributed by atoms with Gasteiger partial charge in [-0.15, -0.1) is 0 Å². The number of nitro benzene ring substituents is 1. The Morgan fingerprint density at radius 2 is 1.78 bits per heavy atom. The van der Waals surface area contributed by atoms with Crippen molar-refractivity contribution in [3.8, 4) is 0 Å². The zero-order valence-corrected chi connectivity index (χ0v) is 17.6. The molecule has 0 saturated carbocycles. The molecule has 32 heavy (non-hydrogen) atoms. The number of piperazine rings is 1. The Morgan fingerprint density at radius 1 is 1.03 bits per heavy atom. The molecular weight excluding hydrogens is 408 g/mol. The molecule has 3 heterocycles. The molecule has 1 aliphatic heterocycles. The number of nitrogens with zero attached hydrogens (tertiary/aromatic N) is 5. The van der Waals surface area contributed by atoms with Gasteiger partial charge in [0.25, 0.3) is 11.2 Å². The summed E-state index contributed by atoms with van der Waals surface area (Å²) in [5, 5.41) is 12.8. The molecule has 9 heteroatoms. The highest BCUT2D eigenvalue weighted by Crippen LogP contribution is 2.32. The van der Waals surface area contributed by atoms with E-state index in [4.69, 9.17) is 0 Å². The summed E-state index contributed by atoms with van der Waals surface area (Å²) in [6, 6.07) is 14.4. The van der Waals surface area contributed by atoms with Crippen molar-refractivity contribution in [2.75, 3.05) is 31.1 Å². The van der Waals surface area contributed by atoms with Crippen molar-refractivity contribution in [1.29, 1.82) is 0 Å². The number of nitrogens with one attached hydrogen (secondary N) is 1. The van der Waals surface area contributed by atoms with E-state index in [0.717, 1.165) is 42.9 Å². The van der Waals surface area contributed by atoms with Gasteiger partial charge < -0.3 is 9.88 Å². The molecule has 0 radical (unpaired) electrons. The molecular formula is C23H22N6O3. The topological polar surface area (TPSA) is 108 Å². The molecule has 1 aliphatic rings. The van der Waals surface area contributed by atoms with E-state index in [-0.39, 0.29) is 16.2 Å². The number of anilines is 1. The predicted octanol–water partition coefficient (Wildman–Crippen LogP) is 3.01. The fourth-order valence-corrected chi connectivity index (χ4v) is 4.32. The molecule has 4 aromatic rings. The smallest absolute Gasteiger partial charge is 0.295 e. The Bertz CT molecular complexity index is 1390. The molecule has 162 valence electrons. The summed E-state index contributed by atoms with van der Waals surface area (Å²) in [5.41, 5.74) is 2.75. The Balaban J connectivity index is 1.36. The standard InChI is InChI=1S/C23H22N6O3/c1-15-13-20(17-6-4-8-19(29(31)32)22(17)24-15)28-11-9-27(10-12-28)14-21-25-18-7-3-2-5-16(18)23(30)26-21/h2-8,13H,9-12,14H2,1H3,(H,25,26,30). The average Bonchev–Trinajstić information content (AvgIpc) is 2.78. The first-order chi connectivity index (χ1) is 15.5. The van der Waals surface area contributed by atoms with E-state index in [1.807, 2.05) is 37.3 Å². The van der Waals surface area contributed by atoms with E-state index in [1.54, 1.807) is 12.1 Å². The zero-order chi connectivity index (χ0) is 22.2. The first-order valence-corrected chi connectivity index (χ1v) is 10.5. The molecule has 2 aromatic carbocycles. The second-order valence-electron chi connectivity index (χ2n) is 8.01. The highest BCUT2D eigenvalue weighted by molar-refractivity contribution is 5.97. The molecule has 0 bridgehead atoms. The highest BCUT2D eigenvalue weighted by atomic mass is 16.6. The Kier molecular flexibility index (Phi) is 5.02. The van der Waals surface area contributed by atoms with Crippen LogP contribution in [0.1, 0.15) is 11.5 Å². The Labute approximate surface area is 183 Å². The molecule has 5 rings (SSSR count). The van der Waals surface area contributed by atoms with Crippen LogP contribution >= 0.6 is 0 Å². The lowest BCUT2D eigenvalue weighted by atomic mass is 10.1. The second kappa shape index (κ2) is 8.01. The first kappa shape index (κ1) is 20.1. The van der Waals surface area contributed by atoms with E-state index in [9.17, 15) is 14.9 Å². The molecule has 0 unspecified atom stereocenters. The number of hydrogen-bond donors (Lipinski definition) is 1. The maximum absolute atomic E-state index is 12.3. The molecule has 0 amide bonds. The van der Waals surface area contributed by atoms with Gasteiger partial charge in [0.1, 0.15) is 5.82 Å². The number of hydrogen-bond acceptors (Lipinski definition) is 7. The number of pyridine rings is 1. The minimum Gasteiger partial charge on any atom is -0.368 e. The van der Waals surface area contributed by atoms with Crippen LogP contribution in [0, 0.1) is 17.0 Å². The molecule has 1 saturated heterocycles. The van der Waals surface area contributed by atoms with E-state index < -0.39 is 0 Å². The van der Waals surface area contributed by atoms with Gasteiger partial charge in [0.2, 0.25) is 0 Å². The molecule has 0 atom stereocenters. The van der Waals surface area contributed by atoms with Crippen LogP contribution in [0.4, 0.5) is 11.4 Å². The lowest BCUT2D eigenvalue weighted by Gasteiger charge is -2.36. The number of fused-ring (bicyclic) bond motifs is 2. The number of aryl methyl sites for hydroxylation is 1. The maximum atomic E-state index is 12.3. The number of benzene rings is 2. The number of aromatic amines is 1. The summed E-state index contributed by atoms with van der Waals surface area (Å²) < 4.78 is 0. The van der Waals surface area contributed by atoms with Crippen molar-refractivity contribution in [2.45, 2.75) is 13.5 Å². The van der Waals surface area contributed by atoms with Crippen LogP contribution < -0.4 is 10.5 Å². The largest absolute Gasteiger partial charge is 0.368 e. The van der Waals surface area contributed by atoms with Gasteiger partial charge >= 0.3 is 0 Å². The number of rotatable bonds is 4. The number of aromatic nitrogens is 3. The molecule has 1 N–H and O–H groups in total. The third kappa shape index (κ3) is 3.67. The SMILES string of the molecule is Cc1cc(N2CCN(Cc3nc4ccccc4c(=O)[nH]3)CC2)c2cccc([N+](=O)[O-])c2n1. The maximum Gasteiger partial charge on any atom is 0.295 e. The van der Waals surface area contributed by atoms with Gasteiger partial charge in [-0.05, 0) is 25.1 Å². The fourth-order valence-electron chi connectivity index (χ4n) is 4.32. The highest BCUT2D eigenvalue weighted by Gasteiger charge is 2.22. The minimum atomic E-state index is -0.381. The number of para-hydroxylation sites is 2. The van der Waals surface area contributed by atoms with Crippen LogP contribution in [0.2, 0.25) is 0 Å². The average molecular weight is 430 g/mol. The normalized spacial score (nSPS) is 14.8. The van der Waals surface area contributed by atoms with Gasteiger partial charge in [-0.2, -0.15) is 0 Å². The monoisotopic (exact) mass is 430 g/mol. The van der Waals surface area contributed by atoms with Gasteiger partial charge in [-0.25, -0.2) is 9.97 Å². The van der Waals surface area contributed by atoms with Crippen LogP contribution in [0.15, 0.2) is 53.3 Å². The first-order valence-electron chi connectivity index (χ1n) is 10.5. The quantitative estimate of drug-likeness (QED) is 0.392. The summed E-state index contributed by atoms with van der Waals surface area (Å²) in [4.78, 5) is 39.8. The van der Waals surface area contributed by atoms with Crippen molar-refractivity contribution in [1.82, 2.24) is 19.9 Å². The number of nitro groups is 1. The van der Waals surface area contributed by atoms with Crippen LogP contribution in [-0.4, -0.2) is 51.0 Å². The van der Waals surface area contributed by atoms with E-state index in [2.05, 4.69) is 24.8 Å². The fraction of sp³-hybridized carbons (Fsp3) is 0.261. The Morgan fingerprint density at radius 3 is 2.56 bits per heavy atom. The summed E-state index contributed by atoms with van der Waals surface area (Å²) in [5.74, 6) is 0.656. The van der Waals surface area contributed by atoms with Crippen LogP contribution in [0.3, 0.4) is 0 Å². The lowest BCUT2D eigenvalue weighted by molar-refractivity contribution is -0.383. The van der Waals surface area contributed by atoms with E-state index in [0.29, 0.717) is 28.8 Å². The van der Waals surface area contributed by atoms with Crippen molar-refractivity contribution < 1.29 is 4.92 Å². The third-order valence-corrected chi connectivity index (χ3v) is 5.87. The Hall–Kier alpha value is -3.85. The summed E-state index contributed by atoms with van der Waals surface area (Å²) in [6.07, 6.45) is 0. The molecule has 0 spiro atoms. The van der Waals surface area contributed by atoms with Gasteiger partial charge in [-0.1, -0.05) is 24.3 Å². The predicted molar refractivity (Wildman–Crippen MR) is 123 cm³/mol. The van der Waals surface area contributed by atoms with Crippen molar-refractivity contribution in [3.63, 3.8) is 0 Å². The van der Waals surface area contributed by atoms with Gasteiger partial charge in [0.15, 0.2) is 5.52 Å². The van der Waals surface area contributed by atoms with Gasteiger partial charge in [-0.3, -0.25) is 19.8 Å². The van der Waals surface area contributed by atoms with Gasteiger partial charge in [0, 0.05) is 49.0 Å².